The molecule has 6 nitrogen and oxygen atoms in total. The van der Waals surface area contributed by atoms with E-state index < -0.39 is 0 Å². The van der Waals surface area contributed by atoms with Gasteiger partial charge in [0.2, 0.25) is 5.95 Å². The van der Waals surface area contributed by atoms with Crippen LogP contribution in [-0.4, -0.2) is 29.1 Å². The van der Waals surface area contributed by atoms with Gasteiger partial charge in [0.15, 0.2) is 0 Å². The molecule has 2 rings (SSSR count). The van der Waals surface area contributed by atoms with E-state index in [0.717, 1.165) is 16.6 Å². The smallest absolute Gasteiger partial charge is 0.307 e. The van der Waals surface area contributed by atoms with Crippen LogP contribution in [0.15, 0.2) is 6.07 Å². The Balaban J connectivity index is 2.12. The van der Waals surface area contributed by atoms with Crippen LogP contribution in [0.1, 0.15) is 25.1 Å². The van der Waals surface area contributed by atoms with E-state index in [1.165, 1.54) is 4.88 Å². The Labute approximate surface area is 121 Å². The number of carbonyl (C=O) groups is 1. The van der Waals surface area contributed by atoms with Crippen molar-refractivity contribution in [3.05, 3.63) is 10.9 Å². The van der Waals surface area contributed by atoms with Crippen molar-refractivity contribution in [2.45, 2.75) is 26.7 Å². The summed E-state index contributed by atoms with van der Waals surface area (Å²) >= 11 is 1.61. The van der Waals surface area contributed by atoms with Gasteiger partial charge in [-0.1, -0.05) is 6.92 Å². The normalized spacial score (nSPS) is 10.7. The Morgan fingerprint density at radius 3 is 2.95 bits per heavy atom. The van der Waals surface area contributed by atoms with Crippen LogP contribution in [0.25, 0.3) is 10.2 Å². The summed E-state index contributed by atoms with van der Waals surface area (Å²) in [6.45, 7) is 4.74. The van der Waals surface area contributed by atoms with E-state index in [1.807, 2.05) is 0 Å². The summed E-state index contributed by atoms with van der Waals surface area (Å²) in [4.78, 5) is 21.8. The van der Waals surface area contributed by atoms with Gasteiger partial charge in [-0.25, -0.2) is 4.98 Å². The lowest BCUT2D eigenvalue weighted by Gasteiger charge is -2.07. The standard InChI is InChI=1S/C13H18N4O2S/c1-3-8-7-9-11(15-6-5-10(18)19-4-2)16-13(14)17-12(9)20-8/h7H,3-6H2,1-2H3,(H3,14,15,16,17). The highest BCUT2D eigenvalue weighted by Gasteiger charge is 2.10. The van der Waals surface area contributed by atoms with Gasteiger partial charge >= 0.3 is 5.97 Å². The lowest BCUT2D eigenvalue weighted by Crippen LogP contribution is -2.12. The van der Waals surface area contributed by atoms with Gasteiger partial charge in [0.25, 0.3) is 0 Å². The Morgan fingerprint density at radius 1 is 1.45 bits per heavy atom. The first-order valence-electron chi connectivity index (χ1n) is 6.59. The predicted octanol–water partition coefficient (Wildman–Crippen LogP) is 2.20. The fraction of sp³-hybridized carbons (Fsp3) is 0.462. The van der Waals surface area contributed by atoms with Crippen molar-refractivity contribution in [2.75, 3.05) is 24.2 Å². The summed E-state index contributed by atoms with van der Waals surface area (Å²) in [5.74, 6) is 0.686. The van der Waals surface area contributed by atoms with E-state index in [0.29, 0.717) is 25.4 Å². The third kappa shape index (κ3) is 3.36. The van der Waals surface area contributed by atoms with E-state index in [2.05, 4.69) is 28.3 Å². The molecule has 7 heteroatoms. The van der Waals surface area contributed by atoms with Gasteiger partial charge in [-0.2, -0.15) is 4.98 Å². The molecule has 2 aromatic heterocycles. The zero-order valence-electron chi connectivity index (χ0n) is 11.6. The molecule has 0 aliphatic heterocycles. The molecule has 20 heavy (non-hydrogen) atoms. The Hall–Kier alpha value is -1.89. The number of nitrogens with one attached hydrogen (secondary N) is 1. The molecule has 0 aliphatic rings. The molecule has 2 aromatic rings. The van der Waals surface area contributed by atoms with Gasteiger partial charge in [0.05, 0.1) is 18.4 Å². The fourth-order valence-electron chi connectivity index (χ4n) is 1.81. The molecule has 108 valence electrons. The number of anilines is 2. The minimum absolute atomic E-state index is 0.224. The SMILES string of the molecule is CCOC(=O)CCNc1nc(N)nc2sc(CC)cc12. The second kappa shape index (κ2) is 6.51. The summed E-state index contributed by atoms with van der Waals surface area (Å²) in [5, 5.41) is 4.08. The minimum atomic E-state index is -0.224. The van der Waals surface area contributed by atoms with Crippen LogP contribution in [0.3, 0.4) is 0 Å². The predicted molar refractivity (Wildman–Crippen MR) is 80.9 cm³/mol. The van der Waals surface area contributed by atoms with Gasteiger partial charge < -0.3 is 15.8 Å². The number of rotatable bonds is 6. The Morgan fingerprint density at radius 2 is 2.25 bits per heavy atom. The van der Waals surface area contributed by atoms with Gasteiger partial charge in [-0.3, -0.25) is 4.79 Å². The first kappa shape index (κ1) is 14.5. The second-order valence-electron chi connectivity index (χ2n) is 4.20. The first-order chi connectivity index (χ1) is 9.63. The van der Waals surface area contributed by atoms with Crippen molar-refractivity contribution < 1.29 is 9.53 Å². The van der Waals surface area contributed by atoms with E-state index in [9.17, 15) is 4.79 Å². The number of nitrogens with zero attached hydrogens (tertiary/aromatic N) is 2. The number of nitrogen functional groups attached to an aromatic ring is 1. The second-order valence-corrected chi connectivity index (χ2v) is 5.31. The molecule has 0 fully saturated rings. The van der Waals surface area contributed by atoms with Crippen molar-refractivity contribution >= 4 is 39.3 Å². The maximum Gasteiger partial charge on any atom is 0.307 e. The lowest BCUT2D eigenvalue weighted by molar-refractivity contribution is -0.142. The van der Waals surface area contributed by atoms with Crippen LogP contribution >= 0.6 is 11.3 Å². The molecule has 3 N–H and O–H groups in total. The molecular formula is C13H18N4O2S. The van der Waals surface area contributed by atoms with E-state index >= 15 is 0 Å². The molecule has 0 aliphatic carbocycles. The number of ether oxygens (including phenoxy) is 1. The summed E-state index contributed by atoms with van der Waals surface area (Å²) in [7, 11) is 0. The molecule has 0 radical (unpaired) electrons. The van der Waals surface area contributed by atoms with Crippen LogP contribution in [0.4, 0.5) is 11.8 Å². The molecule has 0 spiro atoms. The van der Waals surface area contributed by atoms with E-state index in [4.69, 9.17) is 10.5 Å². The maximum atomic E-state index is 11.3. The van der Waals surface area contributed by atoms with E-state index in [-0.39, 0.29) is 11.9 Å². The highest BCUT2D eigenvalue weighted by atomic mass is 32.1. The number of fused-ring (bicyclic) bond motifs is 1. The zero-order valence-corrected chi connectivity index (χ0v) is 12.4. The van der Waals surface area contributed by atoms with Crippen molar-refractivity contribution in [1.82, 2.24) is 9.97 Å². The summed E-state index contributed by atoms with van der Waals surface area (Å²) in [6, 6.07) is 2.06. The Bertz CT molecular complexity index is 612. The topological polar surface area (TPSA) is 90.1 Å². The van der Waals surface area contributed by atoms with Crippen LogP contribution in [0, 0.1) is 0 Å². The minimum Gasteiger partial charge on any atom is -0.466 e. The molecule has 0 saturated heterocycles. The van der Waals surface area contributed by atoms with Crippen molar-refractivity contribution in [3.63, 3.8) is 0 Å². The van der Waals surface area contributed by atoms with Crippen LogP contribution in [0.5, 0.6) is 0 Å². The number of aryl methyl sites for hydroxylation is 1. The molecule has 0 atom stereocenters. The number of hydrogen-bond acceptors (Lipinski definition) is 7. The summed E-state index contributed by atoms with van der Waals surface area (Å²) < 4.78 is 4.88. The number of esters is 1. The summed E-state index contributed by atoms with van der Waals surface area (Å²) in [5.41, 5.74) is 5.71. The van der Waals surface area contributed by atoms with Gasteiger partial charge in [-0.15, -0.1) is 11.3 Å². The largest absolute Gasteiger partial charge is 0.466 e. The number of nitrogens with two attached hydrogens (primary N) is 1. The molecule has 0 aromatic carbocycles. The van der Waals surface area contributed by atoms with Gasteiger partial charge in [0.1, 0.15) is 10.6 Å². The molecular weight excluding hydrogens is 276 g/mol. The number of carbonyl (C=O) groups excluding carboxylic acids is 1. The molecule has 0 unspecified atom stereocenters. The van der Waals surface area contributed by atoms with Crippen molar-refractivity contribution in [3.8, 4) is 0 Å². The zero-order chi connectivity index (χ0) is 14.5. The average molecular weight is 294 g/mol. The number of hydrogen-bond donors (Lipinski definition) is 2. The number of thiophene rings is 1. The molecule has 2 heterocycles. The van der Waals surface area contributed by atoms with Gasteiger partial charge in [-0.05, 0) is 19.4 Å². The monoisotopic (exact) mass is 294 g/mol. The highest BCUT2D eigenvalue weighted by Crippen LogP contribution is 2.29. The van der Waals surface area contributed by atoms with E-state index in [1.54, 1.807) is 18.3 Å². The highest BCUT2D eigenvalue weighted by molar-refractivity contribution is 7.18. The quantitative estimate of drug-likeness (QED) is 0.794. The number of aromatic nitrogens is 2. The third-order valence-electron chi connectivity index (χ3n) is 2.74. The van der Waals surface area contributed by atoms with Crippen LogP contribution < -0.4 is 11.1 Å². The maximum absolute atomic E-state index is 11.3. The average Bonchev–Trinajstić information content (AvgIpc) is 2.82. The summed E-state index contributed by atoms with van der Waals surface area (Å²) in [6.07, 6.45) is 1.24. The molecule has 0 bridgehead atoms. The first-order valence-corrected chi connectivity index (χ1v) is 7.41. The molecule has 0 saturated carbocycles. The van der Waals surface area contributed by atoms with Crippen LogP contribution in [-0.2, 0) is 16.0 Å². The fourth-order valence-corrected chi connectivity index (χ4v) is 2.79. The van der Waals surface area contributed by atoms with Crippen molar-refractivity contribution in [1.29, 1.82) is 0 Å². The Kier molecular flexibility index (Phi) is 4.73. The third-order valence-corrected chi connectivity index (χ3v) is 3.91. The lowest BCUT2D eigenvalue weighted by atomic mass is 10.3. The van der Waals surface area contributed by atoms with Crippen molar-refractivity contribution in [2.24, 2.45) is 0 Å². The van der Waals surface area contributed by atoms with Crippen LogP contribution in [0.2, 0.25) is 0 Å². The molecule has 0 amide bonds. The van der Waals surface area contributed by atoms with Gasteiger partial charge in [0, 0.05) is 11.4 Å².